The molecule has 1 atom stereocenters. The fourth-order valence-corrected chi connectivity index (χ4v) is 0.816. The predicted molar refractivity (Wildman–Crippen MR) is 38.7 cm³/mol. The molecule has 0 aromatic heterocycles. The number of halogens is 1. The molecule has 0 aromatic rings. The average molecular weight is 135 g/mol. The van der Waals surface area contributed by atoms with E-state index in [1.54, 1.807) is 0 Å². The van der Waals surface area contributed by atoms with Crippen molar-refractivity contribution in [2.45, 2.75) is 18.1 Å². The van der Waals surface area contributed by atoms with Crippen molar-refractivity contribution in [1.29, 1.82) is 0 Å². The molecule has 0 saturated heterocycles. The molecule has 0 aliphatic carbocycles. The minimum Gasteiger partial charge on any atom is -0.123 e. The van der Waals surface area contributed by atoms with E-state index in [1.165, 1.54) is 0 Å². The van der Waals surface area contributed by atoms with Crippen LogP contribution >= 0.6 is 11.6 Å². The van der Waals surface area contributed by atoms with Crippen LogP contribution in [0.3, 0.4) is 0 Å². The van der Waals surface area contributed by atoms with Gasteiger partial charge in [-0.15, -0.1) is 18.2 Å². The molecule has 2 heteroatoms. The molecule has 0 radical (unpaired) electrons. The second-order valence-corrected chi connectivity index (χ2v) is 6.06. The fourth-order valence-electron chi connectivity index (χ4n) is 0.272. The number of hydrogen-bond acceptors (Lipinski definition) is 0. The molecule has 0 saturated carbocycles. The Kier molecular flexibility index (Phi) is 3.39. The first kappa shape index (κ1) is 7.25. The summed E-state index contributed by atoms with van der Waals surface area (Å²) >= 11 is 5.74. The SMILES string of the molecule is C=CC(Cl)[SiH](C)C. The van der Waals surface area contributed by atoms with Crippen LogP contribution in [0.5, 0.6) is 0 Å². The summed E-state index contributed by atoms with van der Waals surface area (Å²) in [5.74, 6) is 0. The molecule has 0 nitrogen and oxygen atoms in total. The van der Waals surface area contributed by atoms with Crippen molar-refractivity contribution < 1.29 is 0 Å². The van der Waals surface area contributed by atoms with Crippen molar-refractivity contribution in [1.82, 2.24) is 0 Å². The summed E-state index contributed by atoms with van der Waals surface area (Å²) in [6, 6.07) is 0. The molecule has 0 aliphatic heterocycles. The Balaban J connectivity index is 3.33. The highest BCUT2D eigenvalue weighted by molar-refractivity contribution is 6.68. The number of alkyl halides is 1. The second-order valence-electron chi connectivity index (χ2n) is 1.92. The minimum absolute atomic E-state index is 0.278. The van der Waals surface area contributed by atoms with E-state index in [0.29, 0.717) is 0 Å². The zero-order chi connectivity index (χ0) is 5.86. The Morgan fingerprint density at radius 1 is 1.71 bits per heavy atom. The highest BCUT2D eigenvalue weighted by Gasteiger charge is 2.03. The van der Waals surface area contributed by atoms with Crippen LogP contribution < -0.4 is 0 Å². The maximum Gasteiger partial charge on any atom is 0.0567 e. The zero-order valence-electron chi connectivity index (χ0n) is 4.82. The van der Waals surface area contributed by atoms with Gasteiger partial charge >= 0.3 is 0 Å². The highest BCUT2D eigenvalue weighted by Crippen LogP contribution is 2.00. The third kappa shape index (κ3) is 2.89. The van der Waals surface area contributed by atoms with Crippen molar-refractivity contribution in [2.75, 3.05) is 0 Å². The molecule has 0 amide bonds. The fraction of sp³-hybridized carbons (Fsp3) is 0.600. The molecule has 0 spiro atoms. The van der Waals surface area contributed by atoms with Crippen molar-refractivity contribution in [3.05, 3.63) is 12.7 Å². The predicted octanol–water partition coefficient (Wildman–Crippen LogP) is 1.81. The number of hydrogen-bond donors (Lipinski definition) is 0. The van der Waals surface area contributed by atoms with Crippen molar-refractivity contribution in [3.8, 4) is 0 Å². The van der Waals surface area contributed by atoms with Crippen LogP contribution in [0.4, 0.5) is 0 Å². The Labute approximate surface area is 51.8 Å². The topological polar surface area (TPSA) is 0 Å². The first-order chi connectivity index (χ1) is 3.18. The molecule has 0 N–H and O–H groups in total. The number of rotatable bonds is 2. The van der Waals surface area contributed by atoms with Crippen LogP contribution in [0.15, 0.2) is 12.7 Å². The van der Waals surface area contributed by atoms with Gasteiger partial charge in [0.25, 0.3) is 0 Å². The Hall–Kier alpha value is 0.247. The van der Waals surface area contributed by atoms with E-state index in [1.807, 2.05) is 6.08 Å². The van der Waals surface area contributed by atoms with Crippen molar-refractivity contribution in [2.24, 2.45) is 0 Å². The number of allylic oxidation sites excluding steroid dienone is 1. The monoisotopic (exact) mass is 134 g/mol. The van der Waals surface area contributed by atoms with Crippen LogP contribution in [-0.2, 0) is 0 Å². The smallest absolute Gasteiger partial charge is 0.0567 e. The van der Waals surface area contributed by atoms with Gasteiger partial charge in [0.1, 0.15) is 0 Å². The lowest BCUT2D eigenvalue weighted by molar-refractivity contribution is 1.53. The van der Waals surface area contributed by atoms with Gasteiger partial charge in [0.15, 0.2) is 0 Å². The van der Waals surface area contributed by atoms with Crippen LogP contribution in [0.2, 0.25) is 13.1 Å². The van der Waals surface area contributed by atoms with E-state index in [9.17, 15) is 0 Å². The first-order valence-corrected chi connectivity index (χ1v) is 5.86. The Morgan fingerprint density at radius 2 is 2.14 bits per heavy atom. The van der Waals surface area contributed by atoms with Crippen LogP contribution in [-0.4, -0.2) is 13.8 Å². The van der Waals surface area contributed by atoms with Crippen LogP contribution in [0.25, 0.3) is 0 Å². The van der Waals surface area contributed by atoms with Gasteiger partial charge < -0.3 is 0 Å². The van der Waals surface area contributed by atoms with E-state index < -0.39 is 8.80 Å². The van der Waals surface area contributed by atoms with Gasteiger partial charge in [-0.1, -0.05) is 19.2 Å². The van der Waals surface area contributed by atoms with E-state index in [0.717, 1.165) is 0 Å². The van der Waals surface area contributed by atoms with Gasteiger partial charge in [-0.05, 0) is 0 Å². The molecule has 0 aromatic carbocycles. The Morgan fingerprint density at radius 3 is 2.14 bits per heavy atom. The van der Waals surface area contributed by atoms with Gasteiger partial charge in [0, 0.05) is 5.00 Å². The lowest BCUT2D eigenvalue weighted by atomic mass is 10.8. The largest absolute Gasteiger partial charge is 0.123 e. The van der Waals surface area contributed by atoms with E-state index in [-0.39, 0.29) is 5.00 Å². The first-order valence-electron chi connectivity index (χ1n) is 2.45. The summed E-state index contributed by atoms with van der Waals surface area (Å²) in [4.78, 5) is 0. The standard InChI is InChI=1S/C5H11ClSi/c1-4-5(6)7(2)3/h4-5,7H,1H2,2-3H3. The maximum atomic E-state index is 5.74. The molecule has 0 heterocycles. The quantitative estimate of drug-likeness (QED) is 0.307. The van der Waals surface area contributed by atoms with E-state index >= 15 is 0 Å². The Bertz CT molecular complexity index is 61.1. The molecular weight excluding hydrogens is 124 g/mol. The van der Waals surface area contributed by atoms with Gasteiger partial charge in [0.05, 0.1) is 8.80 Å². The summed E-state index contributed by atoms with van der Waals surface area (Å²) in [5, 5.41) is 0.278. The van der Waals surface area contributed by atoms with Gasteiger partial charge in [-0.2, -0.15) is 0 Å². The third-order valence-electron chi connectivity index (χ3n) is 0.862. The minimum atomic E-state index is -0.617. The normalized spacial score (nSPS) is 14.3. The zero-order valence-corrected chi connectivity index (χ0v) is 6.73. The maximum absolute atomic E-state index is 5.74. The molecule has 0 bridgehead atoms. The molecule has 0 aliphatic rings. The lowest BCUT2D eigenvalue weighted by Gasteiger charge is -2.02. The molecule has 42 valence electrons. The molecule has 0 fully saturated rings. The summed E-state index contributed by atoms with van der Waals surface area (Å²) in [6.07, 6.45) is 1.82. The average Bonchev–Trinajstić information content (AvgIpc) is 1.65. The van der Waals surface area contributed by atoms with Gasteiger partial charge in [-0.25, -0.2) is 0 Å². The second kappa shape index (κ2) is 3.27. The highest BCUT2D eigenvalue weighted by atomic mass is 35.5. The summed E-state index contributed by atoms with van der Waals surface area (Å²) in [5.41, 5.74) is 0. The van der Waals surface area contributed by atoms with Crippen molar-refractivity contribution >= 4 is 20.4 Å². The van der Waals surface area contributed by atoms with Crippen LogP contribution in [0, 0.1) is 0 Å². The van der Waals surface area contributed by atoms with E-state index in [4.69, 9.17) is 11.6 Å². The van der Waals surface area contributed by atoms with Gasteiger partial charge in [-0.3, -0.25) is 0 Å². The molecule has 1 unspecified atom stereocenters. The molecular formula is C5H11ClSi. The summed E-state index contributed by atoms with van der Waals surface area (Å²) < 4.78 is 0. The van der Waals surface area contributed by atoms with Gasteiger partial charge in [0.2, 0.25) is 0 Å². The third-order valence-corrected chi connectivity index (χ3v) is 4.10. The van der Waals surface area contributed by atoms with Crippen LogP contribution in [0.1, 0.15) is 0 Å². The lowest BCUT2D eigenvalue weighted by Crippen LogP contribution is -2.14. The summed E-state index contributed by atoms with van der Waals surface area (Å²) in [6.45, 7) is 8.00. The van der Waals surface area contributed by atoms with Crippen molar-refractivity contribution in [3.63, 3.8) is 0 Å². The summed E-state index contributed by atoms with van der Waals surface area (Å²) in [7, 11) is -0.617. The molecule has 0 rings (SSSR count). The van der Waals surface area contributed by atoms with E-state index in [2.05, 4.69) is 19.7 Å². The molecule has 7 heavy (non-hydrogen) atoms.